The van der Waals surface area contributed by atoms with Crippen LogP contribution in [0.2, 0.25) is 0 Å². The second kappa shape index (κ2) is 5.77. The highest BCUT2D eigenvalue weighted by Gasteiger charge is 2.57. The van der Waals surface area contributed by atoms with Crippen LogP contribution in [0.5, 0.6) is 0 Å². The monoisotopic (exact) mass is 310 g/mol. The number of aliphatic hydroxyl groups is 2. The summed E-state index contributed by atoms with van der Waals surface area (Å²) in [5.74, 6) is 1.00. The average molecular weight is 311 g/mol. The van der Waals surface area contributed by atoms with Gasteiger partial charge in [-0.3, -0.25) is 0 Å². The van der Waals surface area contributed by atoms with E-state index in [0.717, 1.165) is 32.1 Å². The van der Waals surface area contributed by atoms with Crippen molar-refractivity contribution in [3.05, 3.63) is 0 Å². The molecule has 5 atom stereocenters. The Balaban J connectivity index is 2.26. The van der Waals surface area contributed by atoms with Crippen LogP contribution in [0.15, 0.2) is 0 Å². The minimum absolute atomic E-state index is 0.216. The normalized spacial score (nSPS) is 44.2. The van der Waals surface area contributed by atoms with Gasteiger partial charge in [0.25, 0.3) is 0 Å². The van der Waals surface area contributed by atoms with Crippen LogP contribution in [0.4, 0.5) is 0 Å². The highest BCUT2D eigenvalue weighted by Crippen LogP contribution is 2.63. The van der Waals surface area contributed by atoms with Gasteiger partial charge in [-0.2, -0.15) is 0 Å². The number of hydrogen-bond acceptors (Lipinski definition) is 2. The van der Waals surface area contributed by atoms with Crippen LogP contribution in [0.3, 0.4) is 0 Å². The summed E-state index contributed by atoms with van der Waals surface area (Å²) in [6, 6.07) is 0. The van der Waals surface area contributed by atoms with Crippen LogP contribution in [0.25, 0.3) is 0 Å². The Labute approximate surface area is 137 Å². The van der Waals surface area contributed by atoms with Crippen LogP contribution in [0, 0.1) is 22.7 Å². The molecule has 2 aliphatic rings. The molecule has 2 heteroatoms. The third-order valence-electron chi connectivity index (χ3n) is 7.50. The van der Waals surface area contributed by atoms with Gasteiger partial charge >= 0.3 is 0 Å². The molecule has 130 valence electrons. The van der Waals surface area contributed by atoms with Gasteiger partial charge in [0.1, 0.15) is 0 Å². The van der Waals surface area contributed by atoms with Gasteiger partial charge in [0.2, 0.25) is 0 Å². The van der Waals surface area contributed by atoms with Crippen molar-refractivity contribution >= 4 is 0 Å². The smallest absolute Gasteiger partial charge is 0.0653 e. The van der Waals surface area contributed by atoms with Gasteiger partial charge in [0.15, 0.2) is 0 Å². The van der Waals surface area contributed by atoms with Gasteiger partial charge in [0.05, 0.1) is 11.2 Å². The zero-order valence-electron chi connectivity index (χ0n) is 15.7. The fourth-order valence-corrected chi connectivity index (χ4v) is 5.90. The van der Waals surface area contributed by atoms with Crippen LogP contribution in [-0.4, -0.2) is 21.4 Å². The lowest BCUT2D eigenvalue weighted by Gasteiger charge is -2.61. The molecule has 0 radical (unpaired) electrons. The van der Waals surface area contributed by atoms with E-state index in [0.29, 0.717) is 17.3 Å². The first kappa shape index (κ1) is 18.3. The van der Waals surface area contributed by atoms with E-state index >= 15 is 0 Å². The maximum atomic E-state index is 11.1. The Kier molecular flexibility index (Phi) is 4.79. The fourth-order valence-electron chi connectivity index (χ4n) is 5.90. The van der Waals surface area contributed by atoms with E-state index in [1.165, 1.54) is 19.3 Å². The molecule has 2 N–H and O–H groups in total. The van der Waals surface area contributed by atoms with E-state index in [-0.39, 0.29) is 5.41 Å². The van der Waals surface area contributed by atoms with Gasteiger partial charge in [-0.1, -0.05) is 34.1 Å². The van der Waals surface area contributed by atoms with E-state index in [4.69, 9.17) is 0 Å². The summed E-state index contributed by atoms with van der Waals surface area (Å²) in [6.45, 7) is 13.3. The van der Waals surface area contributed by atoms with Gasteiger partial charge in [-0.15, -0.1) is 0 Å². The lowest BCUT2D eigenvalue weighted by molar-refractivity contribution is -0.172. The molecule has 22 heavy (non-hydrogen) atoms. The summed E-state index contributed by atoms with van der Waals surface area (Å²) < 4.78 is 0. The Morgan fingerprint density at radius 3 is 2.32 bits per heavy atom. The molecule has 0 aromatic rings. The van der Waals surface area contributed by atoms with E-state index in [1.54, 1.807) is 0 Å². The van der Waals surface area contributed by atoms with Crippen molar-refractivity contribution in [1.82, 2.24) is 0 Å². The molecule has 2 aliphatic carbocycles. The fraction of sp³-hybridized carbons (Fsp3) is 1.00. The first-order chi connectivity index (χ1) is 9.95. The van der Waals surface area contributed by atoms with E-state index < -0.39 is 11.2 Å². The van der Waals surface area contributed by atoms with Crippen LogP contribution < -0.4 is 0 Å². The Bertz CT molecular complexity index is 397. The maximum absolute atomic E-state index is 11.1. The van der Waals surface area contributed by atoms with Gasteiger partial charge in [-0.25, -0.2) is 0 Å². The van der Waals surface area contributed by atoms with E-state index in [1.807, 2.05) is 20.8 Å². The molecule has 2 saturated carbocycles. The number of fused-ring (bicyclic) bond motifs is 1. The summed E-state index contributed by atoms with van der Waals surface area (Å²) in [5.41, 5.74) is -0.575. The first-order valence-electron chi connectivity index (χ1n) is 9.39. The summed E-state index contributed by atoms with van der Waals surface area (Å²) in [5, 5.41) is 21.5. The molecule has 0 spiro atoms. The van der Waals surface area contributed by atoms with Crippen molar-refractivity contribution in [3.63, 3.8) is 0 Å². The predicted octanol–water partition coefficient (Wildman–Crippen LogP) is 4.92. The topological polar surface area (TPSA) is 40.5 Å². The van der Waals surface area contributed by atoms with Gasteiger partial charge < -0.3 is 10.2 Å². The van der Waals surface area contributed by atoms with Gasteiger partial charge in [0, 0.05) is 0 Å². The average Bonchev–Trinajstić information content (AvgIpc) is 2.35. The molecule has 2 fully saturated rings. The number of rotatable bonds is 4. The largest absolute Gasteiger partial charge is 0.390 e. The third-order valence-corrected chi connectivity index (χ3v) is 7.50. The van der Waals surface area contributed by atoms with Crippen molar-refractivity contribution < 1.29 is 10.2 Å². The summed E-state index contributed by atoms with van der Waals surface area (Å²) in [7, 11) is 0. The van der Waals surface area contributed by atoms with Crippen molar-refractivity contribution in [2.75, 3.05) is 0 Å². The second-order valence-electron chi connectivity index (χ2n) is 9.74. The highest BCUT2D eigenvalue weighted by atomic mass is 16.3. The lowest BCUT2D eigenvalue weighted by atomic mass is 9.45. The van der Waals surface area contributed by atoms with E-state index in [2.05, 4.69) is 20.8 Å². The van der Waals surface area contributed by atoms with Crippen LogP contribution >= 0.6 is 0 Å². The van der Waals surface area contributed by atoms with Crippen LogP contribution in [0.1, 0.15) is 92.9 Å². The quantitative estimate of drug-likeness (QED) is 0.773. The molecule has 0 saturated heterocycles. The lowest BCUT2D eigenvalue weighted by Crippen LogP contribution is -2.57. The molecule has 0 aromatic heterocycles. The SMILES string of the molecule is CC[C@](C)(O)CCC1[C@@]2(C)CCCC(C)(C)C2CC[C@@]1(C)O. The van der Waals surface area contributed by atoms with Crippen molar-refractivity contribution in [2.24, 2.45) is 22.7 Å². The van der Waals surface area contributed by atoms with E-state index in [9.17, 15) is 10.2 Å². The molecule has 2 unspecified atom stereocenters. The summed E-state index contributed by atoms with van der Waals surface area (Å²) >= 11 is 0. The first-order valence-corrected chi connectivity index (χ1v) is 9.39. The maximum Gasteiger partial charge on any atom is 0.0653 e. The minimum atomic E-state index is -0.594. The molecule has 0 amide bonds. The Hall–Kier alpha value is -0.0800. The highest BCUT2D eigenvalue weighted by molar-refractivity contribution is 5.07. The zero-order chi connectivity index (χ0) is 16.8. The molecule has 0 heterocycles. The molecule has 0 bridgehead atoms. The minimum Gasteiger partial charge on any atom is -0.390 e. The Morgan fingerprint density at radius 1 is 1.09 bits per heavy atom. The number of hydrogen-bond donors (Lipinski definition) is 2. The van der Waals surface area contributed by atoms with Crippen molar-refractivity contribution in [2.45, 2.75) is 104 Å². The third kappa shape index (κ3) is 3.24. The molecule has 2 rings (SSSR count). The molecule has 0 aromatic carbocycles. The second-order valence-corrected chi connectivity index (χ2v) is 9.74. The van der Waals surface area contributed by atoms with Crippen LogP contribution in [-0.2, 0) is 0 Å². The summed E-state index contributed by atoms with van der Waals surface area (Å²) in [6.07, 6.45) is 8.41. The molecule has 2 nitrogen and oxygen atoms in total. The van der Waals surface area contributed by atoms with Crippen molar-refractivity contribution in [3.8, 4) is 0 Å². The zero-order valence-corrected chi connectivity index (χ0v) is 15.7. The predicted molar refractivity (Wildman–Crippen MR) is 92.7 cm³/mol. The van der Waals surface area contributed by atoms with Gasteiger partial charge in [-0.05, 0) is 81.5 Å². The molecular formula is C20H38O2. The Morgan fingerprint density at radius 2 is 1.73 bits per heavy atom. The molecular weight excluding hydrogens is 272 g/mol. The van der Waals surface area contributed by atoms with Crippen molar-refractivity contribution in [1.29, 1.82) is 0 Å². The standard InChI is InChI=1S/C20H38O2/c1-7-18(4,21)13-9-16-19(5)12-8-11-17(2,3)15(19)10-14-20(16,6)22/h15-16,21-22H,7-14H2,1-6H3/t15?,16?,18-,19-,20+/m0/s1. The molecule has 0 aliphatic heterocycles. The summed E-state index contributed by atoms with van der Waals surface area (Å²) in [4.78, 5) is 0.